The topological polar surface area (TPSA) is 91.7 Å². The first-order chi connectivity index (χ1) is 19.1. The molecule has 1 aromatic heterocycles. The molecule has 1 aliphatic heterocycles. The van der Waals surface area contributed by atoms with Gasteiger partial charge < -0.3 is 9.47 Å². The summed E-state index contributed by atoms with van der Waals surface area (Å²) in [6, 6.07) is 13.6. The van der Waals surface area contributed by atoms with Crippen LogP contribution in [0.25, 0.3) is 28.2 Å². The molecule has 9 heteroatoms. The van der Waals surface area contributed by atoms with Crippen molar-refractivity contribution in [3.8, 4) is 11.3 Å². The molecule has 2 heterocycles. The van der Waals surface area contributed by atoms with Gasteiger partial charge in [0, 0.05) is 55.3 Å². The smallest absolute Gasteiger partial charge is 0.303 e. The van der Waals surface area contributed by atoms with Crippen molar-refractivity contribution in [3.63, 3.8) is 0 Å². The largest absolute Gasteiger partial charge is 0.342 e. The Morgan fingerprint density at radius 2 is 1.75 bits per heavy atom. The average molecular weight is 563 g/mol. The van der Waals surface area contributed by atoms with E-state index in [0.29, 0.717) is 24.6 Å². The number of rotatable bonds is 7. The molecule has 1 fully saturated rings. The zero-order chi connectivity index (χ0) is 28.6. The number of fused-ring (bicyclic) bond motifs is 5. The summed E-state index contributed by atoms with van der Waals surface area (Å²) in [6.07, 6.45) is 8.63. The van der Waals surface area contributed by atoms with Crippen LogP contribution in [-0.4, -0.2) is 61.7 Å². The van der Waals surface area contributed by atoms with E-state index in [0.717, 1.165) is 51.3 Å². The van der Waals surface area contributed by atoms with Crippen LogP contribution in [0.2, 0.25) is 0 Å². The molecule has 1 saturated carbocycles. The van der Waals surface area contributed by atoms with E-state index in [9.17, 15) is 18.0 Å². The minimum absolute atomic E-state index is 0.0171. The number of aromatic nitrogens is 1. The third-order valence-electron chi connectivity index (χ3n) is 8.14. The first kappa shape index (κ1) is 28.1. The highest BCUT2D eigenvalue weighted by Crippen LogP contribution is 2.46. The van der Waals surface area contributed by atoms with Crippen molar-refractivity contribution < 1.29 is 18.0 Å². The summed E-state index contributed by atoms with van der Waals surface area (Å²) >= 11 is 0. The summed E-state index contributed by atoms with van der Waals surface area (Å²) in [7, 11) is 0.641. The van der Waals surface area contributed by atoms with Crippen molar-refractivity contribution in [3.05, 3.63) is 64.7 Å². The molecule has 3 aromatic rings. The predicted molar refractivity (Wildman–Crippen MR) is 159 cm³/mol. The summed E-state index contributed by atoms with van der Waals surface area (Å²) in [5.74, 6) is -0.333. The second-order valence-electron chi connectivity index (χ2n) is 11.1. The summed E-state index contributed by atoms with van der Waals surface area (Å²) in [5.41, 5.74) is 6.20. The van der Waals surface area contributed by atoms with Gasteiger partial charge in [0.15, 0.2) is 0 Å². The monoisotopic (exact) mass is 562 g/mol. The predicted octanol–water partition coefficient (Wildman–Crippen LogP) is 5.16. The number of nitrogens with one attached hydrogen (secondary N) is 1. The van der Waals surface area contributed by atoms with Gasteiger partial charge in [-0.15, -0.1) is 0 Å². The van der Waals surface area contributed by atoms with Crippen molar-refractivity contribution >= 4 is 39.0 Å². The Morgan fingerprint density at radius 3 is 2.45 bits per heavy atom. The van der Waals surface area contributed by atoms with Gasteiger partial charge >= 0.3 is 10.2 Å². The molecule has 0 saturated heterocycles. The SMILES string of the molecule is CCCN(C)C(=O)C1=Cc2ccccc2-c2c(C3CCCCC3)c3ccc(C(=O)NS(=O)(=O)N(C)C)cc3n2C1. The van der Waals surface area contributed by atoms with E-state index in [2.05, 4.69) is 28.3 Å². The minimum Gasteiger partial charge on any atom is -0.342 e. The fraction of sp³-hybridized carbons (Fsp3) is 0.419. The molecule has 0 atom stereocenters. The number of hydrogen-bond donors (Lipinski definition) is 1. The molecular weight excluding hydrogens is 524 g/mol. The van der Waals surface area contributed by atoms with E-state index >= 15 is 0 Å². The van der Waals surface area contributed by atoms with Gasteiger partial charge in [-0.1, -0.05) is 56.5 Å². The molecule has 2 amide bonds. The van der Waals surface area contributed by atoms with Crippen molar-refractivity contribution in [1.29, 1.82) is 0 Å². The molecule has 0 unspecified atom stereocenters. The van der Waals surface area contributed by atoms with Crippen LogP contribution in [-0.2, 0) is 21.5 Å². The van der Waals surface area contributed by atoms with Gasteiger partial charge in [-0.3, -0.25) is 9.59 Å². The quantitative estimate of drug-likeness (QED) is 0.431. The van der Waals surface area contributed by atoms with Gasteiger partial charge in [-0.2, -0.15) is 12.7 Å². The molecule has 212 valence electrons. The molecule has 5 rings (SSSR count). The van der Waals surface area contributed by atoms with Crippen molar-refractivity contribution in [2.45, 2.75) is 57.9 Å². The maximum atomic E-state index is 13.6. The molecule has 8 nitrogen and oxygen atoms in total. The van der Waals surface area contributed by atoms with Gasteiger partial charge in [0.2, 0.25) is 0 Å². The number of carbonyl (C=O) groups excluding carboxylic acids is 2. The van der Waals surface area contributed by atoms with E-state index < -0.39 is 16.1 Å². The number of amides is 2. The Balaban J connectivity index is 1.73. The summed E-state index contributed by atoms with van der Waals surface area (Å²) < 4.78 is 30.0. The number of benzene rings is 2. The lowest BCUT2D eigenvalue weighted by atomic mass is 9.81. The molecule has 1 N–H and O–H groups in total. The lowest BCUT2D eigenvalue weighted by Gasteiger charge is -2.24. The highest BCUT2D eigenvalue weighted by atomic mass is 32.2. The highest BCUT2D eigenvalue weighted by molar-refractivity contribution is 7.87. The Labute approximate surface area is 236 Å². The lowest BCUT2D eigenvalue weighted by molar-refractivity contribution is -0.126. The van der Waals surface area contributed by atoms with Crippen molar-refractivity contribution in [2.24, 2.45) is 0 Å². The zero-order valence-electron chi connectivity index (χ0n) is 23.7. The third-order valence-corrected chi connectivity index (χ3v) is 9.54. The van der Waals surface area contributed by atoms with Crippen molar-refractivity contribution in [2.75, 3.05) is 27.7 Å². The average Bonchev–Trinajstić information content (AvgIpc) is 3.15. The molecule has 0 spiro atoms. The van der Waals surface area contributed by atoms with E-state index in [1.807, 2.05) is 31.3 Å². The van der Waals surface area contributed by atoms with Crippen LogP contribution >= 0.6 is 0 Å². The summed E-state index contributed by atoms with van der Waals surface area (Å²) in [6.45, 7) is 3.08. The normalized spacial score (nSPS) is 15.8. The van der Waals surface area contributed by atoms with Crippen LogP contribution in [0.4, 0.5) is 0 Å². The third kappa shape index (κ3) is 5.20. The second kappa shape index (κ2) is 11.2. The number of carbonyl (C=O) groups is 2. The van der Waals surface area contributed by atoms with Crippen LogP contribution in [0.15, 0.2) is 48.0 Å². The van der Waals surface area contributed by atoms with Crippen LogP contribution in [0.1, 0.15) is 72.9 Å². The van der Waals surface area contributed by atoms with Gasteiger partial charge in [0.25, 0.3) is 11.8 Å². The molecule has 2 aliphatic rings. The van der Waals surface area contributed by atoms with Gasteiger partial charge in [-0.05, 0) is 54.5 Å². The second-order valence-corrected chi connectivity index (χ2v) is 13.0. The first-order valence-electron chi connectivity index (χ1n) is 14.1. The Kier molecular flexibility index (Phi) is 7.88. The summed E-state index contributed by atoms with van der Waals surface area (Å²) in [4.78, 5) is 28.5. The van der Waals surface area contributed by atoms with Crippen LogP contribution < -0.4 is 4.72 Å². The molecule has 0 radical (unpaired) electrons. The van der Waals surface area contributed by atoms with E-state index in [1.54, 1.807) is 17.0 Å². The van der Waals surface area contributed by atoms with E-state index in [-0.39, 0.29) is 11.5 Å². The van der Waals surface area contributed by atoms with E-state index in [4.69, 9.17) is 0 Å². The van der Waals surface area contributed by atoms with Gasteiger partial charge in [0.05, 0.1) is 12.2 Å². The van der Waals surface area contributed by atoms with Crippen molar-refractivity contribution in [1.82, 2.24) is 18.5 Å². The summed E-state index contributed by atoms with van der Waals surface area (Å²) in [5, 5.41) is 1.05. The minimum atomic E-state index is -3.94. The molecule has 2 aromatic carbocycles. The van der Waals surface area contributed by atoms with Crippen LogP contribution in [0, 0.1) is 0 Å². The number of likely N-dealkylation sites (N-methyl/N-ethyl adjacent to an activating group) is 1. The van der Waals surface area contributed by atoms with Gasteiger partial charge in [0.1, 0.15) is 0 Å². The molecule has 0 bridgehead atoms. The van der Waals surface area contributed by atoms with Gasteiger partial charge in [-0.25, -0.2) is 4.72 Å². The fourth-order valence-corrected chi connectivity index (χ4v) is 6.63. The molecule has 1 aliphatic carbocycles. The Morgan fingerprint density at radius 1 is 1.02 bits per heavy atom. The number of nitrogens with zero attached hydrogens (tertiary/aromatic N) is 3. The maximum absolute atomic E-state index is 13.6. The Bertz CT molecular complexity index is 1600. The van der Waals surface area contributed by atoms with Crippen LogP contribution in [0.5, 0.6) is 0 Å². The molecular formula is C31H38N4O4S. The maximum Gasteiger partial charge on any atom is 0.303 e. The Hall–Kier alpha value is -3.43. The lowest BCUT2D eigenvalue weighted by Crippen LogP contribution is -2.39. The van der Waals surface area contributed by atoms with E-state index in [1.165, 1.54) is 38.9 Å². The standard InChI is InChI=1S/C31H38N4O4S/c1-5-17-34(4)31(37)24-18-22-13-9-10-14-25(22)29-28(21-11-7-6-8-12-21)26-16-15-23(19-27(26)35(29)20-24)30(36)32-40(38,39)33(2)3/h9-10,13-16,18-19,21H,5-8,11-12,17,20H2,1-4H3,(H,32,36). The zero-order valence-corrected chi connectivity index (χ0v) is 24.6. The number of hydrogen-bond acceptors (Lipinski definition) is 4. The van der Waals surface area contributed by atoms with Crippen LogP contribution in [0.3, 0.4) is 0 Å². The fourth-order valence-electron chi connectivity index (χ4n) is 6.10. The first-order valence-corrected chi connectivity index (χ1v) is 15.5. The molecule has 40 heavy (non-hydrogen) atoms. The highest BCUT2D eigenvalue weighted by Gasteiger charge is 2.31.